The Balaban J connectivity index is 2.00. The fourth-order valence-electron chi connectivity index (χ4n) is 2.50. The molecule has 112 valence electrons. The molecule has 0 atom stereocenters. The zero-order valence-corrected chi connectivity index (χ0v) is 12.4. The standard InChI is InChI=1S/C14H16ClN3O3/c1-19-14(5-7-20-8-6-14)13-17-12(21-18-13)11-9(15)3-2-4-10(11)16/h2-4H,5-8,16H2,1H3. The summed E-state index contributed by atoms with van der Waals surface area (Å²) >= 11 is 6.17. The minimum absolute atomic E-state index is 0.302. The zero-order valence-electron chi connectivity index (χ0n) is 11.6. The van der Waals surface area contributed by atoms with E-state index in [1.54, 1.807) is 25.3 Å². The summed E-state index contributed by atoms with van der Waals surface area (Å²) in [5.41, 5.74) is 6.42. The first-order chi connectivity index (χ1) is 10.2. The Morgan fingerprint density at radius 3 is 2.76 bits per heavy atom. The molecule has 0 amide bonds. The molecular formula is C14H16ClN3O3. The van der Waals surface area contributed by atoms with Crippen molar-refractivity contribution in [1.82, 2.24) is 10.1 Å². The van der Waals surface area contributed by atoms with Crippen molar-refractivity contribution in [2.75, 3.05) is 26.1 Å². The lowest BCUT2D eigenvalue weighted by molar-refractivity contribution is -0.101. The van der Waals surface area contributed by atoms with E-state index in [-0.39, 0.29) is 0 Å². The van der Waals surface area contributed by atoms with Gasteiger partial charge in [-0.3, -0.25) is 0 Å². The number of nitrogen functional groups attached to an aromatic ring is 1. The van der Waals surface area contributed by atoms with Crippen LogP contribution in [0.3, 0.4) is 0 Å². The highest BCUT2D eigenvalue weighted by atomic mass is 35.5. The third kappa shape index (κ3) is 2.50. The first kappa shape index (κ1) is 14.3. The predicted octanol–water partition coefficient (Wildman–Crippen LogP) is 2.62. The number of halogens is 1. The van der Waals surface area contributed by atoms with Crippen molar-refractivity contribution >= 4 is 17.3 Å². The summed E-state index contributed by atoms with van der Waals surface area (Å²) in [7, 11) is 1.64. The quantitative estimate of drug-likeness (QED) is 0.877. The van der Waals surface area contributed by atoms with Crippen LogP contribution in [0.2, 0.25) is 5.02 Å². The molecule has 0 saturated carbocycles. The Labute approximate surface area is 127 Å². The molecule has 1 aromatic heterocycles. The van der Waals surface area contributed by atoms with E-state index in [9.17, 15) is 0 Å². The van der Waals surface area contributed by atoms with Crippen LogP contribution >= 0.6 is 11.6 Å². The minimum atomic E-state index is -0.573. The summed E-state index contributed by atoms with van der Waals surface area (Å²) in [5, 5.41) is 4.54. The molecule has 6 nitrogen and oxygen atoms in total. The number of nitrogens with zero attached hydrogens (tertiary/aromatic N) is 2. The number of ether oxygens (including phenoxy) is 2. The molecule has 1 saturated heterocycles. The molecule has 0 bridgehead atoms. The average molecular weight is 310 g/mol. The molecule has 2 N–H and O–H groups in total. The Hall–Kier alpha value is -1.63. The van der Waals surface area contributed by atoms with Gasteiger partial charge in [-0.15, -0.1) is 0 Å². The number of methoxy groups -OCH3 is 1. The molecule has 2 aromatic rings. The topological polar surface area (TPSA) is 83.4 Å². The highest BCUT2D eigenvalue weighted by Gasteiger charge is 2.39. The number of hydrogen-bond acceptors (Lipinski definition) is 6. The van der Waals surface area contributed by atoms with Gasteiger partial charge in [0.15, 0.2) is 0 Å². The average Bonchev–Trinajstić information content (AvgIpc) is 2.98. The van der Waals surface area contributed by atoms with Crippen molar-refractivity contribution in [3.05, 3.63) is 29.0 Å². The molecule has 0 unspecified atom stereocenters. The summed E-state index contributed by atoms with van der Waals surface area (Å²) in [6.45, 7) is 1.21. The van der Waals surface area contributed by atoms with Crippen LogP contribution in [0.1, 0.15) is 18.7 Å². The normalized spacial score (nSPS) is 17.8. The molecule has 21 heavy (non-hydrogen) atoms. The van der Waals surface area contributed by atoms with E-state index in [0.717, 1.165) is 0 Å². The van der Waals surface area contributed by atoms with Crippen molar-refractivity contribution in [2.24, 2.45) is 0 Å². The largest absolute Gasteiger partial charge is 0.398 e. The van der Waals surface area contributed by atoms with Gasteiger partial charge in [0.1, 0.15) is 5.60 Å². The number of nitrogens with two attached hydrogens (primary N) is 1. The number of benzene rings is 1. The van der Waals surface area contributed by atoms with Crippen molar-refractivity contribution in [1.29, 1.82) is 0 Å². The van der Waals surface area contributed by atoms with Gasteiger partial charge in [-0.25, -0.2) is 0 Å². The lowest BCUT2D eigenvalue weighted by atomic mass is 9.93. The van der Waals surface area contributed by atoms with E-state index < -0.39 is 5.60 Å². The highest BCUT2D eigenvalue weighted by Crippen LogP contribution is 2.37. The van der Waals surface area contributed by atoms with Crippen LogP contribution in [0.4, 0.5) is 5.69 Å². The van der Waals surface area contributed by atoms with Gasteiger partial charge in [0.2, 0.25) is 5.82 Å². The lowest BCUT2D eigenvalue weighted by Gasteiger charge is -2.32. The second-order valence-electron chi connectivity index (χ2n) is 4.94. The van der Waals surface area contributed by atoms with Crippen LogP contribution in [0.5, 0.6) is 0 Å². The van der Waals surface area contributed by atoms with Crippen LogP contribution in [-0.2, 0) is 15.1 Å². The second-order valence-corrected chi connectivity index (χ2v) is 5.35. The molecule has 0 spiro atoms. The van der Waals surface area contributed by atoms with Crippen molar-refractivity contribution < 1.29 is 14.0 Å². The Morgan fingerprint density at radius 2 is 2.10 bits per heavy atom. The van der Waals surface area contributed by atoms with Gasteiger partial charge in [-0.05, 0) is 12.1 Å². The van der Waals surface area contributed by atoms with Gasteiger partial charge in [-0.2, -0.15) is 4.98 Å². The summed E-state index contributed by atoms with van der Waals surface area (Å²) in [6, 6.07) is 5.25. The van der Waals surface area contributed by atoms with Crippen LogP contribution in [0.25, 0.3) is 11.5 Å². The first-order valence-corrected chi connectivity index (χ1v) is 7.05. The van der Waals surface area contributed by atoms with Gasteiger partial charge < -0.3 is 19.7 Å². The summed E-state index contributed by atoms with van der Waals surface area (Å²) in [6.07, 6.45) is 1.36. The van der Waals surface area contributed by atoms with Crippen LogP contribution in [0.15, 0.2) is 22.7 Å². The molecule has 1 aliphatic heterocycles. The fourth-order valence-corrected chi connectivity index (χ4v) is 2.76. The van der Waals surface area contributed by atoms with E-state index in [2.05, 4.69) is 10.1 Å². The lowest BCUT2D eigenvalue weighted by Crippen LogP contribution is -2.36. The van der Waals surface area contributed by atoms with Crippen LogP contribution in [0, 0.1) is 0 Å². The maximum Gasteiger partial charge on any atom is 0.261 e. The Morgan fingerprint density at radius 1 is 1.33 bits per heavy atom. The van der Waals surface area contributed by atoms with E-state index in [1.165, 1.54) is 0 Å². The van der Waals surface area contributed by atoms with E-state index in [4.69, 9.17) is 31.3 Å². The van der Waals surface area contributed by atoms with Gasteiger partial charge >= 0.3 is 0 Å². The SMILES string of the molecule is COC1(c2noc(-c3c(N)cccc3Cl)n2)CCOCC1. The number of anilines is 1. The summed E-state index contributed by atoms with van der Waals surface area (Å²) < 4.78 is 16.4. The Bertz CT molecular complexity index is 618. The molecule has 0 radical (unpaired) electrons. The molecule has 1 aliphatic rings. The monoisotopic (exact) mass is 309 g/mol. The third-order valence-corrected chi connectivity index (χ3v) is 4.10. The predicted molar refractivity (Wildman–Crippen MR) is 77.9 cm³/mol. The molecule has 0 aliphatic carbocycles. The van der Waals surface area contributed by atoms with Gasteiger partial charge in [0, 0.05) is 38.9 Å². The van der Waals surface area contributed by atoms with Crippen molar-refractivity contribution in [3.8, 4) is 11.5 Å². The zero-order chi connectivity index (χ0) is 14.9. The van der Waals surface area contributed by atoms with E-state index in [0.29, 0.717) is 54.0 Å². The van der Waals surface area contributed by atoms with Crippen LogP contribution in [-0.4, -0.2) is 30.5 Å². The molecular weight excluding hydrogens is 294 g/mol. The molecule has 2 heterocycles. The summed E-state index contributed by atoms with van der Waals surface area (Å²) in [5.74, 6) is 0.804. The van der Waals surface area contributed by atoms with Gasteiger partial charge in [-0.1, -0.05) is 22.8 Å². The smallest absolute Gasteiger partial charge is 0.261 e. The highest BCUT2D eigenvalue weighted by molar-refractivity contribution is 6.33. The molecule has 1 fully saturated rings. The first-order valence-electron chi connectivity index (χ1n) is 6.68. The van der Waals surface area contributed by atoms with E-state index >= 15 is 0 Å². The van der Waals surface area contributed by atoms with Crippen molar-refractivity contribution in [3.63, 3.8) is 0 Å². The maximum atomic E-state index is 6.17. The third-order valence-electron chi connectivity index (χ3n) is 3.78. The van der Waals surface area contributed by atoms with Crippen LogP contribution < -0.4 is 5.73 Å². The van der Waals surface area contributed by atoms with Gasteiger partial charge in [0.05, 0.1) is 10.6 Å². The molecule has 3 rings (SSSR count). The number of aromatic nitrogens is 2. The fraction of sp³-hybridized carbons (Fsp3) is 0.429. The van der Waals surface area contributed by atoms with E-state index in [1.807, 2.05) is 0 Å². The maximum absolute atomic E-state index is 6.17. The second kappa shape index (κ2) is 5.63. The molecule has 1 aromatic carbocycles. The number of rotatable bonds is 3. The van der Waals surface area contributed by atoms with Crippen molar-refractivity contribution in [2.45, 2.75) is 18.4 Å². The molecule has 7 heteroatoms. The Kier molecular flexibility index (Phi) is 3.84. The summed E-state index contributed by atoms with van der Waals surface area (Å²) in [4.78, 5) is 4.45. The van der Waals surface area contributed by atoms with Gasteiger partial charge in [0.25, 0.3) is 5.89 Å². The minimum Gasteiger partial charge on any atom is -0.398 e. The number of hydrogen-bond donors (Lipinski definition) is 1.